The maximum Gasteiger partial charge on any atom is 0.306 e. The quantitative estimate of drug-likeness (QED) is 0.430. The number of esters is 1. The molecule has 0 saturated carbocycles. The predicted octanol–water partition coefficient (Wildman–Crippen LogP) is 4.05. The standard InChI is InChI=1S/C24H29NO6/c1-16(2)13-23(27)25-19-9-7-18(8-10-19)20(26)15-31-24(28)12-6-17-5-11-21(29-3)22(14-17)30-4/h5,7-11,14,16H,6,12-13,15H2,1-4H3,(H,25,27). The second-order valence-electron chi connectivity index (χ2n) is 7.50. The van der Waals surface area contributed by atoms with Gasteiger partial charge in [-0.1, -0.05) is 19.9 Å². The molecular weight excluding hydrogens is 398 g/mol. The van der Waals surface area contributed by atoms with Crippen molar-refractivity contribution in [2.45, 2.75) is 33.1 Å². The van der Waals surface area contributed by atoms with E-state index in [1.165, 1.54) is 0 Å². The van der Waals surface area contributed by atoms with Gasteiger partial charge in [-0.25, -0.2) is 0 Å². The molecule has 0 unspecified atom stereocenters. The zero-order valence-electron chi connectivity index (χ0n) is 18.4. The molecule has 31 heavy (non-hydrogen) atoms. The summed E-state index contributed by atoms with van der Waals surface area (Å²) in [5.74, 6) is 0.636. The number of anilines is 1. The summed E-state index contributed by atoms with van der Waals surface area (Å²) in [7, 11) is 3.11. The number of Topliss-reactive ketones (excluding diaryl/α,β-unsaturated/α-hetero) is 1. The Morgan fingerprint density at radius 2 is 1.61 bits per heavy atom. The van der Waals surface area contributed by atoms with E-state index in [9.17, 15) is 14.4 Å². The first-order valence-electron chi connectivity index (χ1n) is 10.1. The Hall–Kier alpha value is -3.35. The van der Waals surface area contributed by atoms with Gasteiger partial charge >= 0.3 is 5.97 Å². The van der Waals surface area contributed by atoms with Crippen molar-refractivity contribution in [2.24, 2.45) is 5.92 Å². The number of benzene rings is 2. The van der Waals surface area contributed by atoms with Crippen LogP contribution in [0.1, 0.15) is 42.6 Å². The molecule has 0 heterocycles. The lowest BCUT2D eigenvalue weighted by atomic mass is 10.1. The van der Waals surface area contributed by atoms with Gasteiger partial charge in [0.05, 0.1) is 14.2 Å². The molecule has 0 aliphatic rings. The van der Waals surface area contributed by atoms with E-state index in [4.69, 9.17) is 14.2 Å². The number of carbonyl (C=O) groups is 3. The highest BCUT2D eigenvalue weighted by molar-refractivity contribution is 5.98. The summed E-state index contributed by atoms with van der Waals surface area (Å²) in [6, 6.07) is 11.9. The molecule has 0 bridgehead atoms. The highest BCUT2D eigenvalue weighted by Crippen LogP contribution is 2.28. The van der Waals surface area contributed by atoms with Gasteiger partial charge in [0, 0.05) is 24.1 Å². The van der Waals surface area contributed by atoms with Gasteiger partial charge < -0.3 is 19.5 Å². The maximum atomic E-state index is 12.3. The van der Waals surface area contributed by atoms with Crippen LogP contribution in [0, 0.1) is 5.92 Å². The highest BCUT2D eigenvalue weighted by atomic mass is 16.5. The smallest absolute Gasteiger partial charge is 0.306 e. The van der Waals surface area contributed by atoms with Crippen molar-refractivity contribution in [2.75, 3.05) is 26.1 Å². The second-order valence-corrected chi connectivity index (χ2v) is 7.50. The molecule has 0 atom stereocenters. The van der Waals surface area contributed by atoms with Gasteiger partial charge in [-0.2, -0.15) is 0 Å². The molecule has 0 spiro atoms. The van der Waals surface area contributed by atoms with E-state index in [2.05, 4.69) is 5.32 Å². The Morgan fingerprint density at radius 1 is 0.935 bits per heavy atom. The maximum absolute atomic E-state index is 12.3. The normalized spacial score (nSPS) is 10.5. The van der Waals surface area contributed by atoms with E-state index < -0.39 is 5.97 Å². The number of ketones is 1. The monoisotopic (exact) mass is 427 g/mol. The highest BCUT2D eigenvalue weighted by Gasteiger charge is 2.12. The summed E-state index contributed by atoms with van der Waals surface area (Å²) in [6.07, 6.45) is 1.03. The zero-order chi connectivity index (χ0) is 22.8. The van der Waals surface area contributed by atoms with Crippen molar-refractivity contribution < 1.29 is 28.6 Å². The lowest BCUT2D eigenvalue weighted by Crippen LogP contribution is -2.15. The number of carbonyl (C=O) groups excluding carboxylic acids is 3. The molecule has 0 aliphatic carbocycles. The molecule has 2 aromatic rings. The van der Waals surface area contributed by atoms with E-state index in [-0.39, 0.29) is 30.6 Å². The topological polar surface area (TPSA) is 90.9 Å². The molecule has 0 radical (unpaired) electrons. The number of amides is 1. The van der Waals surface area contributed by atoms with Crippen molar-refractivity contribution in [3.8, 4) is 11.5 Å². The van der Waals surface area contributed by atoms with Crippen LogP contribution in [0.15, 0.2) is 42.5 Å². The Bertz CT molecular complexity index is 905. The molecule has 0 fully saturated rings. The summed E-state index contributed by atoms with van der Waals surface area (Å²) in [5, 5.41) is 2.78. The van der Waals surface area contributed by atoms with Crippen molar-refractivity contribution in [1.82, 2.24) is 0 Å². The van der Waals surface area contributed by atoms with Gasteiger partial charge in [-0.05, 0) is 54.3 Å². The fourth-order valence-corrected chi connectivity index (χ4v) is 2.91. The van der Waals surface area contributed by atoms with Gasteiger partial charge in [0.25, 0.3) is 0 Å². The molecule has 7 nitrogen and oxygen atoms in total. The average molecular weight is 427 g/mol. The molecule has 7 heteroatoms. The number of methoxy groups -OCH3 is 2. The third kappa shape index (κ3) is 7.77. The van der Waals surface area contributed by atoms with E-state index in [1.54, 1.807) is 50.6 Å². The fraction of sp³-hybridized carbons (Fsp3) is 0.375. The van der Waals surface area contributed by atoms with Gasteiger partial charge in [0.1, 0.15) is 0 Å². The zero-order valence-corrected chi connectivity index (χ0v) is 18.4. The number of nitrogens with one attached hydrogen (secondary N) is 1. The van der Waals surface area contributed by atoms with Crippen LogP contribution in [0.3, 0.4) is 0 Å². The minimum atomic E-state index is -0.458. The van der Waals surface area contributed by atoms with Crippen molar-refractivity contribution in [3.63, 3.8) is 0 Å². The molecular formula is C24H29NO6. The number of hydrogen-bond acceptors (Lipinski definition) is 6. The van der Waals surface area contributed by atoms with Crippen molar-refractivity contribution >= 4 is 23.3 Å². The van der Waals surface area contributed by atoms with E-state index >= 15 is 0 Å². The first-order valence-corrected chi connectivity index (χ1v) is 10.1. The van der Waals surface area contributed by atoms with Crippen LogP contribution >= 0.6 is 0 Å². The van der Waals surface area contributed by atoms with Gasteiger partial charge in [-0.15, -0.1) is 0 Å². The largest absolute Gasteiger partial charge is 0.493 e. The predicted molar refractivity (Wildman–Crippen MR) is 118 cm³/mol. The average Bonchev–Trinajstić information content (AvgIpc) is 2.75. The van der Waals surface area contributed by atoms with Gasteiger partial charge in [0.2, 0.25) is 5.91 Å². The van der Waals surface area contributed by atoms with Crippen molar-refractivity contribution in [1.29, 1.82) is 0 Å². The Kier molecular flexibility index (Phi) is 9.06. The molecule has 0 aliphatic heterocycles. The van der Waals surface area contributed by atoms with E-state index in [0.717, 1.165) is 5.56 Å². The number of rotatable bonds is 11. The third-order valence-electron chi connectivity index (χ3n) is 4.51. The van der Waals surface area contributed by atoms with Crippen LogP contribution in [-0.2, 0) is 20.7 Å². The summed E-state index contributed by atoms with van der Waals surface area (Å²) >= 11 is 0. The van der Waals surface area contributed by atoms with Crippen LogP contribution in [0.4, 0.5) is 5.69 Å². The Balaban J connectivity index is 1.80. The Morgan fingerprint density at radius 3 is 2.23 bits per heavy atom. The molecule has 166 valence electrons. The summed E-state index contributed by atoms with van der Waals surface area (Å²) in [6.45, 7) is 3.61. The van der Waals surface area contributed by atoms with Crippen LogP contribution in [0.5, 0.6) is 11.5 Å². The van der Waals surface area contributed by atoms with E-state index in [0.29, 0.717) is 35.6 Å². The van der Waals surface area contributed by atoms with Crippen molar-refractivity contribution in [3.05, 3.63) is 53.6 Å². The second kappa shape index (κ2) is 11.7. The first kappa shape index (κ1) is 23.9. The lowest BCUT2D eigenvalue weighted by Gasteiger charge is -2.10. The van der Waals surface area contributed by atoms with Crippen LogP contribution in [0.25, 0.3) is 0 Å². The van der Waals surface area contributed by atoms with Crippen LogP contribution < -0.4 is 14.8 Å². The van der Waals surface area contributed by atoms with E-state index in [1.807, 2.05) is 19.9 Å². The molecule has 1 N–H and O–H groups in total. The number of ether oxygens (including phenoxy) is 3. The van der Waals surface area contributed by atoms with Crippen LogP contribution in [0.2, 0.25) is 0 Å². The first-order chi connectivity index (χ1) is 14.8. The molecule has 2 rings (SSSR count). The van der Waals surface area contributed by atoms with Gasteiger partial charge in [0.15, 0.2) is 23.9 Å². The SMILES string of the molecule is COc1ccc(CCC(=O)OCC(=O)c2ccc(NC(=O)CC(C)C)cc2)cc1OC. The molecule has 0 saturated heterocycles. The van der Waals surface area contributed by atoms with Gasteiger partial charge in [-0.3, -0.25) is 14.4 Å². The Labute approximate surface area is 182 Å². The number of aryl methyl sites for hydroxylation is 1. The fourth-order valence-electron chi connectivity index (χ4n) is 2.91. The third-order valence-corrected chi connectivity index (χ3v) is 4.51. The molecule has 2 aromatic carbocycles. The molecule has 0 aromatic heterocycles. The summed E-state index contributed by atoms with van der Waals surface area (Å²) in [5.41, 5.74) is 1.93. The van der Waals surface area contributed by atoms with Crippen LogP contribution in [-0.4, -0.2) is 38.5 Å². The summed E-state index contributed by atoms with van der Waals surface area (Å²) in [4.78, 5) is 36.1. The lowest BCUT2D eigenvalue weighted by molar-refractivity contribution is -0.142. The molecule has 1 amide bonds. The minimum absolute atomic E-state index is 0.0718. The minimum Gasteiger partial charge on any atom is -0.493 e. The summed E-state index contributed by atoms with van der Waals surface area (Å²) < 4.78 is 15.5. The number of hydrogen-bond donors (Lipinski definition) is 1.